The molecular formula is C14H10N2Ni2O8. The van der Waals surface area contributed by atoms with Crippen LogP contribution in [0.4, 0.5) is 0 Å². The summed E-state index contributed by atoms with van der Waals surface area (Å²) in [4.78, 5) is 48.0. The molecule has 0 fully saturated rings. The van der Waals surface area contributed by atoms with Crippen molar-refractivity contribution >= 4 is 23.9 Å². The van der Waals surface area contributed by atoms with Gasteiger partial charge in [0.1, 0.15) is 22.8 Å². The van der Waals surface area contributed by atoms with Gasteiger partial charge in [0.2, 0.25) is 0 Å². The quantitative estimate of drug-likeness (QED) is 0.490. The molecule has 0 unspecified atom stereocenters. The van der Waals surface area contributed by atoms with Gasteiger partial charge in [-0.15, -0.1) is 0 Å². The predicted octanol–water partition coefficient (Wildman–Crippen LogP) is 0.951. The van der Waals surface area contributed by atoms with Gasteiger partial charge < -0.3 is 20.4 Å². The first kappa shape index (κ1) is 25.4. The van der Waals surface area contributed by atoms with Gasteiger partial charge in [-0.2, -0.15) is 0 Å². The van der Waals surface area contributed by atoms with E-state index in [1.165, 1.54) is 36.4 Å². The molecule has 2 aromatic rings. The van der Waals surface area contributed by atoms with Crippen LogP contribution in [0.25, 0.3) is 0 Å². The minimum Gasteiger partial charge on any atom is -0.477 e. The van der Waals surface area contributed by atoms with E-state index in [-0.39, 0.29) is 55.8 Å². The van der Waals surface area contributed by atoms with E-state index >= 15 is 0 Å². The number of carbonyl (C=O) groups is 4. The van der Waals surface area contributed by atoms with Crippen molar-refractivity contribution in [3.63, 3.8) is 0 Å². The minimum atomic E-state index is -1.24. The van der Waals surface area contributed by atoms with Crippen LogP contribution in [-0.4, -0.2) is 54.3 Å². The number of hydrogen-bond acceptors (Lipinski definition) is 6. The third kappa shape index (κ3) is 7.83. The second-order valence-corrected chi connectivity index (χ2v) is 4.04. The number of nitrogens with zero attached hydrogens (tertiary/aromatic N) is 2. The third-order valence-electron chi connectivity index (χ3n) is 2.37. The largest absolute Gasteiger partial charge is 0.477 e. The summed E-state index contributed by atoms with van der Waals surface area (Å²) in [7, 11) is 0. The number of pyridine rings is 2. The fourth-order valence-corrected chi connectivity index (χ4v) is 1.35. The Balaban J connectivity index is 0. The Bertz CT molecular complexity index is 687. The van der Waals surface area contributed by atoms with Gasteiger partial charge in [-0.3, -0.25) is 0 Å². The second kappa shape index (κ2) is 11.7. The fourth-order valence-electron chi connectivity index (χ4n) is 1.35. The molecule has 0 atom stereocenters. The van der Waals surface area contributed by atoms with Crippen molar-refractivity contribution in [3.8, 4) is 0 Å². The standard InChI is InChI=1S/2C7H5NO4.2Ni/c2*9-6(10)4-2-1-3-5(8-4)7(11)12;;/h2*1-3H,(H,9,10)(H,11,12);;. The van der Waals surface area contributed by atoms with Crippen molar-refractivity contribution in [3.05, 3.63) is 59.2 Å². The molecule has 12 heteroatoms. The van der Waals surface area contributed by atoms with Gasteiger partial charge in [-0.05, 0) is 24.3 Å². The summed E-state index contributed by atoms with van der Waals surface area (Å²) in [6.07, 6.45) is 0. The molecule has 2 aromatic heterocycles. The molecule has 0 aliphatic carbocycles. The van der Waals surface area contributed by atoms with Crippen LogP contribution in [0.5, 0.6) is 0 Å². The summed E-state index contributed by atoms with van der Waals surface area (Å²) in [5, 5.41) is 33.7. The first-order valence-electron chi connectivity index (χ1n) is 6.09. The van der Waals surface area contributed by atoms with E-state index in [9.17, 15) is 19.2 Å². The van der Waals surface area contributed by atoms with Gasteiger partial charge in [0.05, 0.1) is 0 Å². The average Bonchev–Trinajstić information content (AvgIpc) is 2.55. The van der Waals surface area contributed by atoms with Gasteiger partial charge >= 0.3 is 23.9 Å². The minimum absolute atomic E-state index is 0. The summed E-state index contributed by atoms with van der Waals surface area (Å²) in [6, 6.07) is 7.59. The number of hydrogen-bond donors (Lipinski definition) is 4. The van der Waals surface area contributed by atoms with E-state index in [4.69, 9.17) is 20.4 Å². The van der Waals surface area contributed by atoms with Crippen LogP contribution >= 0.6 is 0 Å². The zero-order chi connectivity index (χ0) is 18.3. The molecule has 0 radical (unpaired) electrons. The summed E-state index contributed by atoms with van der Waals surface area (Å²) >= 11 is 0. The Kier molecular flexibility index (Phi) is 11.4. The molecule has 0 saturated heterocycles. The summed E-state index contributed by atoms with van der Waals surface area (Å²) < 4.78 is 0. The number of rotatable bonds is 4. The van der Waals surface area contributed by atoms with E-state index in [0.29, 0.717) is 0 Å². The fraction of sp³-hybridized carbons (Fsp3) is 0. The SMILES string of the molecule is O=C(O)c1cccc(C(=O)O)n1.O=C(O)c1cccc(C(=O)O)n1.[Ni].[Ni]. The first-order chi connectivity index (χ1) is 11.2. The second-order valence-electron chi connectivity index (χ2n) is 4.04. The molecule has 4 N–H and O–H groups in total. The molecule has 0 bridgehead atoms. The first-order valence-corrected chi connectivity index (χ1v) is 6.09. The maximum Gasteiger partial charge on any atom is 0.354 e. The molecule has 26 heavy (non-hydrogen) atoms. The van der Waals surface area contributed by atoms with E-state index in [1.54, 1.807) is 0 Å². The number of aromatic carboxylic acids is 4. The van der Waals surface area contributed by atoms with Crippen LogP contribution in [0, 0.1) is 0 Å². The summed E-state index contributed by atoms with van der Waals surface area (Å²) in [6.45, 7) is 0. The number of carboxylic acid groups (broad SMARTS) is 4. The van der Waals surface area contributed by atoms with Crippen molar-refractivity contribution in [2.75, 3.05) is 0 Å². The normalized spacial score (nSPS) is 8.62. The van der Waals surface area contributed by atoms with Crippen LogP contribution in [0.2, 0.25) is 0 Å². The summed E-state index contributed by atoms with van der Waals surface area (Å²) in [5.74, 6) is -4.95. The Morgan fingerprint density at radius 2 is 0.731 bits per heavy atom. The van der Waals surface area contributed by atoms with Gasteiger partial charge in [-0.1, -0.05) is 12.1 Å². The van der Waals surface area contributed by atoms with Gasteiger partial charge in [0, 0.05) is 33.0 Å². The molecule has 2 rings (SSSR count). The topological polar surface area (TPSA) is 175 Å². The Morgan fingerprint density at radius 3 is 0.885 bits per heavy atom. The average molecular weight is 452 g/mol. The Hall–Kier alpha value is -2.83. The monoisotopic (exact) mass is 450 g/mol. The van der Waals surface area contributed by atoms with E-state index < -0.39 is 23.9 Å². The van der Waals surface area contributed by atoms with E-state index in [0.717, 1.165) is 0 Å². The molecule has 0 aromatic carbocycles. The molecule has 0 spiro atoms. The maximum absolute atomic E-state index is 10.3. The molecular weight excluding hydrogens is 442 g/mol. The predicted molar refractivity (Wildman–Crippen MR) is 76.3 cm³/mol. The third-order valence-corrected chi connectivity index (χ3v) is 2.37. The van der Waals surface area contributed by atoms with Crippen molar-refractivity contribution < 1.29 is 72.6 Å². The molecule has 0 amide bonds. The number of aromatic nitrogens is 2. The molecule has 144 valence electrons. The van der Waals surface area contributed by atoms with E-state index in [2.05, 4.69) is 9.97 Å². The molecule has 0 saturated carbocycles. The van der Waals surface area contributed by atoms with Crippen LogP contribution in [0.1, 0.15) is 42.0 Å². The van der Waals surface area contributed by atoms with Crippen molar-refractivity contribution in [1.82, 2.24) is 9.97 Å². The van der Waals surface area contributed by atoms with Crippen LogP contribution in [-0.2, 0) is 33.0 Å². The van der Waals surface area contributed by atoms with Crippen LogP contribution in [0.3, 0.4) is 0 Å². The zero-order valence-corrected chi connectivity index (χ0v) is 14.4. The van der Waals surface area contributed by atoms with Crippen molar-refractivity contribution in [2.24, 2.45) is 0 Å². The van der Waals surface area contributed by atoms with E-state index in [1.807, 2.05) is 0 Å². The smallest absolute Gasteiger partial charge is 0.354 e. The van der Waals surface area contributed by atoms with Gasteiger partial charge in [0.15, 0.2) is 0 Å². The van der Waals surface area contributed by atoms with Crippen molar-refractivity contribution in [2.45, 2.75) is 0 Å². The molecule has 10 nitrogen and oxygen atoms in total. The van der Waals surface area contributed by atoms with Gasteiger partial charge in [0.25, 0.3) is 0 Å². The van der Waals surface area contributed by atoms with Gasteiger partial charge in [-0.25, -0.2) is 29.1 Å². The zero-order valence-electron chi connectivity index (χ0n) is 12.4. The van der Waals surface area contributed by atoms with Crippen LogP contribution < -0.4 is 0 Å². The van der Waals surface area contributed by atoms with Crippen LogP contribution in [0.15, 0.2) is 36.4 Å². The maximum atomic E-state index is 10.3. The Morgan fingerprint density at radius 1 is 0.538 bits per heavy atom. The molecule has 2 heterocycles. The molecule has 0 aliphatic heterocycles. The number of carboxylic acids is 4. The Labute approximate surface area is 165 Å². The molecule has 0 aliphatic rings. The summed E-state index contributed by atoms with van der Waals surface area (Å²) in [5.41, 5.74) is -1.07. The van der Waals surface area contributed by atoms with Crippen molar-refractivity contribution in [1.29, 1.82) is 0 Å².